The van der Waals surface area contributed by atoms with E-state index in [1.807, 2.05) is 95.6 Å². The van der Waals surface area contributed by atoms with E-state index in [2.05, 4.69) is 16.7 Å². The van der Waals surface area contributed by atoms with Crippen LogP contribution in [0.1, 0.15) is 47.3 Å². The van der Waals surface area contributed by atoms with Gasteiger partial charge in [0.1, 0.15) is 0 Å². The third kappa shape index (κ3) is 9.13. The van der Waals surface area contributed by atoms with Gasteiger partial charge in [0.25, 0.3) is 5.91 Å². The number of hydrogen-bond acceptors (Lipinski definition) is 4. The number of nitrogens with zero attached hydrogens (tertiary/aromatic N) is 2. The van der Waals surface area contributed by atoms with Gasteiger partial charge in [-0.3, -0.25) is 9.59 Å². The summed E-state index contributed by atoms with van der Waals surface area (Å²) in [5, 5.41) is 6.46. The molecule has 4 N–H and O–H groups in total. The van der Waals surface area contributed by atoms with Gasteiger partial charge < -0.3 is 26.2 Å². The Morgan fingerprint density at radius 1 is 0.915 bits per heavy atom. The molecule has 8 nitrogen and oxygen atoms in total. The maximum absolute atomic E-state index is 14.1. The fraction of sp³-hybridized carbons (Fsp3) is 0.270. The Bertz CT molecular complexity index is 1640. The number of benzene rings is 4. The van der Waals surface area contributed by atoms with Crippen molar-refractivity contribution in [3.8, 4) is 11.1 Å². The van der Waals surface area contributed by atoms with Crippen LogP contribution in [0.3, 0.4) is 0 Å². The molecule has 1 fully saturated rings. The van der Waals surface area contributed by atoms with Crippen molar-refractivity contribution in [1.82, 2.24) is 15.1 Å². The van der Waals surface area contributed by atoms with Crippen LogP contribution in [0.15, 0.2) is 103 Å². The molecule has 0 aliphatic carbocycles. The standard InChI is InChI=1S/C37H40ClN5O3.ClH/c1-26(28-8-7-9-29(25-28)33-12-5-6-13-34(33)36(45)40-21-20-39)43(35(44)24-27-14-16-30(38)17-15-27)32-18-22-42(23-19-32)37(46)41-31-10-3-2-4-11-31;/h2-17,25-26,32H,18-24,39H2,1H3,(H,40,45)(H,41,46);1H. The van der Waals surface area contributed by atoms with Gasteiger partial charge in [-0.2, -0.15) is 0 Å². The molecule has 1 heterocycles. The summed E-state index contributed by atoms with van der Waals surface area (Å²) >= 11 is 6.11. The van der Waals surface area contributed by atoms with E-state index in [-0.39, 0.29) is 48.8 Å². The van der Waals surface area contributed by atoms with Crippen molar-refractivity contribution in [2.75, 3.05) is 31.5 Å². The molecule has 1 aliphatic heterocycles. The molecule has 1 aliphatic rings. The van der Waals surface area contributed by atoms with Crippen LogP contribution >= 0.6 is 24.0 Å². The molecular formula is C37H41Cl2N5O3. The Kier molecular flexibility index (Phi) is 12.8. The zero-order valence-electron chi connectivity index (χ0n) is 26.4. The minimum atomic E-state index is -0.257. The monoisotopic (exact) mass is 673 g/mol. The molecule has 1 atom stereocenters. The zero-order valence-corrected chi connectivity index (χ0v) is 28.0. The Morgan fingerprint density at radius 2 is 1.60 bits per heavy atom. The number of urea groups is 1. The maximum Gasteiger partial charge on any atom is 0.321 e. The number of para-hydroxylation sites is 1. The number of likely N-dealkylation sites (tertiary alicyclic amines) is 1. The molecular weight excluding hydrogens is 633 g/mol. The highest BCUT2D eigenvalue weighted by atomic mass is 35.5. The lowest BCUT2D eigenvalue weighted by molar-refractivity contribution is -0.136. The first-order valence-corrected chi connectivity index (χ1v) is 16.1. The van der Waals surface area contributed by atoms with Crippen molar-refractivity contribution in [2.24, 2.45) is 5.73 Å². The van der Waals surface area contributed by atoms with E-state index in [0.717, 1.165) is 27.9 Å². The largest absolute Gasteiger partial charge is 0.351 e. The number of carbonyl (C=O) groups is 3. The Balaban J connectivity index is 0.00000500. The van der Waals surface area contributed by atoms with Crippen molar-refractivity contribution in [2.45, 2.75) is 38.3 Å². The van der Waals surface area contributed by atoms with Crippen LogP contribution in [-0.2, 0) is 11.2 Å². The molecule has 47 heavy (non-hydrogen) atoms. The number of anilines is 1. The molecule has 0 saturated carbocycles. The number of rotatable bonds is 10. The van der Waals surface area contributed by atoms with Gasteiger partial charge in [-0.15, -0.1) is 12.4 Å². The predicted molar refractivity (Wildman–Crippen MR) is 191 cm³/mol. The van der Waals surface area contributed by atoms with Gasteiger partial charge >= 0.3 is 6.03 Å². The van der Waals surface area contributed by atoms with Crippen molar-refractivity contribution in [1.29, 1.82) is 0 Å². The van der Waals surface area contributed by atoms with Gasteiger partial charge in [-0.25, -0.2) is 4.79 Å². The third-order valence-corrected chi connectivity index (χ3v) is 8.68. The highest BCUT2D eigenvalue weighted by molar-refractivity contribution is 6.30. The molecule has 1 unspecified atom stereocenters. The second-order valence-electron chi connectivity index (χ2n) is 11.5. The van der Waals surface area contributed by atoms with Crippen LogP contribution < -0.4 is 16.4 Å². The Morgan fingerprint density at radius 3 is 2.30 bits per heavy atom. The van der Waals surface area contributed by atoms with Crippen LogP contribution in [-0.4, -0.2) is 59.9 Å². The first kappa shape index (κ1) is 35.5. The summed E-state index contributed by atoms with van der Waals surface area (Å²) in [6.07, 6.45) is 1.55. The fourth-order valence-corrected chi connectivity index (χ4v) is 6.14. The van der Waals surface area contributed by atoms with Crippen LogP contribution in [0.2, 0.25) is 5.02 Å². The summed E-state index contributed by atoms with van der Waals surface area (Å²) in [6.45, 7) is 3.87. The predicted octanol–water partition coefficient (Wildman–Crippen LogP) is 6.95. The van der Waals surface area contributed by atoms with Gasteiger partial charge in [0.05, 0.1) is 12.5 Å². The van der Waals surface area contributed by atoms with Gasteiger partial charge in [-0.05, 0) is 78.4 Å². The number of hydrogen-bond donors (Lipinski definition) is 3. The summed E-state index contributed by atoms with van der Waals surface area (Å²) in [5.41, 5.74) is 10.5. The minimum absolute atomic E-state index is 0. The van der Waals surface area contributed by atoms with Crippen molar-refractivity contribution in [3.63, 3.8) is 0 Å². The maximum atomic E-state index is 14.1. The highest BCUT2D eigenvalue weighted by Crippen LogP contribution is 2.32. The number of piperidine rings is 1. The first-order chi connectivity index (χ1) is 22.3. The molecule has 0 aromatic heterocycles. The molecule has 0 bridgehead atoms. The van der Waals surface area contributed by atoms with Crippen molar-refractivity contribution < 1.29 is 14.4 Å². The molecule has 0 spiro atoms. The summed E-state index contributed by atoms with van der Waals surface area (Å²) < 4.78 is 0. The van der Waals surface area contributed by atoms with Crippen LogP contribution in [0, 0.1) is 0 Å². The highest BCUT2D eigenvalue weighted by Gasteiger charge is 2.33. The summed E-state index contributed by atoms with van der Waals surface area (Å²) in [6, 6.07) is 31.8. The molecule has 4 aromatic rings. The quantitative estimate of drug-likeness (QED) is 0.169. The molecule has 1 saturated heterocycles. The second kappa shape index (κ2) is 17.0. The van der Waals surface area contributed by atoms with E-state index in [9.17, 15) is 14.4 Å². The van der Waals surface area contributed by atoms with E-state index >= 15 is 0 Å². The molecule has 4 amide bonds. The second-order valence-corrected chi connectivity index (χ2v) is 11.9. The van der Waals surface area contributed by atoms with Gasteiger partial charge in [0, 0.05) is 48.5 Å². The number of nitrogens with one attached hydrogen (secondary N) is 2. The smallest absolute Gasteiger partial charge is 0.321 e. The zero-order chi connectivity index (χ0) is 32.5. The number of amides is 4. The van der Waals surface area contributed by atoms with E-state index in [0.29, 0.717) is 49.6 Å². The van der Waals surface area contributed by atoms with E-state index < -0.39 is 0 Å². The van der Waals surface area contributed by atoms with Crippen LogP contribution in [0.5, 0.6) is 0 Å². The first-order valence-electron chi connectivity index (χ1n) is 15.7. The topological polar surface area (TPSA) is 108 Å². The van der Waals surface area contributed by atoms with Crippen LogP contribution in [0.4, 0.5) is 10.5 Å². The lowest BCUT2D eigenvalue weighted by atomic mass is 9.93. The summed E-state index contributed by atoms with van der Waals surface area (Å²) in [4.78, 5) is 43.8. The minimum Gasteiger partial charge on any atom is -0.351 e. The number of carbonyl (C=O) groups excluding carboxylic acids is 3. The summed E-state index contributed by atoms with van der Waals surface area (Å²) in [5.74, 6) is -0.170. The average Bonchev–Trinajstić information content (AvgIpc) is 3.09. The lowest BCUT2D eigenvalue weighted by Gasteiger charge is -2.42. The van der Waals surface area contributed by atoms with Crippen molar-refractivity contribution >= 4 is 47.5 Å². The van der Waals surface area contributed by atoms with Crippen molar-refractivity contribution in [3.05, 3.63) is 125 Å². The number of halogens is 2. The molecule has 5 rings (SSSR count). The van der Waals surface area contributed by atoms with Crippen LogP contribution in [0.25, 0.3) is 11.1 Å². The third-order valence-electron chi connectivity index (χ3n) is 8.43. The normalized spacial score (nSPS) is 13.6. The fourth-order valence-electron chi connectivity index (χ4n) is 6.02. The average molecular weight is 675 g/mol. The van der Waals surface area contributed by atoms with Gasteiger partial charge in [0.15, 0.2) is 0 Å². The van der Waals surface area contributed by atoms with E-state index in [1.54, 1.807) is 18.2 Å². The van der Waals surface area contributed by atoms with E-state index in [1.165, 1.54) is 0 Å². The Labute approximate surface area is 287 Å². The van der Waals surface area contributed by atoms with Gasteiger partial charge in [-0.1, -0.05) is 78.3 Å². The molecule has 0 radical (unpaired) electrons. The summed E-state index contributed by atoms with van der Waals surface area (Å²) in [7, 11) is 0. The van der Waals surface area contributed by atoms with Gasteiger partial charge in [0.2, 0.25) is 5.91 Å². The Hall–Kier alpha value is -4.37. The number of nitrogens with two attached hydrogens (primary N) is 1. The molecule has 246 valence electrons. The van der Waals surface area contributed by atoms with E-state index in [4.69, 9.17) is 17.3 Å². The lowest BCUT2D eigenvalue weighted by Crippen LogP contribution is -2.50. The SMILES string of the molecule is CC(c1cccc(-c2ccccc2C(=O)NCCN)c1)N(C(=O)Cc1ccc(Cl)cc1)C1CCN(C(=O)Nc2ccccc2)CC1.Cl. The molecule has 4 aromatic carbocycles. The molecule has 10 heteroatoms.